The van der Waals surface area contributed by atoms with E-state index >= 15 is 0 Å². The Morgan fingerprint density at radius 2 is 2.40 bits per heavy atom. The van der Waals surface area contributed by atoms with Crippen molar-refractivity contribution in [1.29, 1.82) is 0 Å². The number of nitrogens with zero attached hydrogens (tertiary/aromatic N) is 1. The molecule has 0 bridgehead atoms. The molecule has 0 atom stereocenters. The minimum atomic E-state index is 1.04. The zero-order chi connectivity index (χ0) is 7.40. The molecule has 1 heterocycles. The Bertz CT molecular complexity index is 228. The molecule has 0 radical (unpaired) electrons. The van der Waals surface area contributed by atoms with E-state index in [1.54, 1.807) is 0 Å². The summed E-state index contributed by atoms with van der Waals surface area (Å²) in [5, 5.41) is 0. The van der Waals surface area contributed by atoms with Crippen molar-refractivity contribution in [2.24, 2.45) is 0 Å². The lowest BCUT2D eigenvalue weighted by Gasteiger charge is -1.95. The van der Waals surface area contributed by atoms with Crippen LogP contribution in [0.15, 0.2) is 25.0 Å². The molecule has 10 heavy (non-hydrogen) atoms. The van der Waals surface area contributed by atoms with Crippen molar-refractivity contribution in [3.05, 3.63) is 36.2 Å². The average molecular weight is 133 g/mol. The molecule has 1 aromatic rings. The monoisotopic (exact) mass is 133 g/mol. The number of aryl methyl sites for hydroxylation is 1. The Morgan fingerprint density at radius 1 is 1.60 bits per heavy atom. The molecule has 0 N–H and O–H groups in total. The fourth-order valence-corrected chi connectivity index (χ4v) is 0.813. The van der Waals surface area contributed by atoms with Crippen molar-refractivity contribution in [1.82, 2.24) is 4.98 Å². The molecule has 1 heteroatoms. The van der Waals surface area contributed by atoms with E-state index in [0.29, 0.717) is 0 Å². The smallest absolute Gasteiger partial charge is 0.0340 e. The number of hydrogen-bond acceptors (Lipinski definition) is 1. The van der Waals surface area contributed by atoms with E-state index in [1.165, 1.54) is 5.56 Å². The van der Waals surface area contributed by atoms with Gasteiger partial charge in [-0.1, -0.05) is 19.6 Å². The van der Waals surface area contributed by atoms with Gasteiger partial charge in [0.15, 0.2) is 0 Å². The van der Waals surface area contributed by atoms with Crippen molar-refractivity contribution in [3.8, 4) is 0 Å². The second-order valence-corrected chi connectivity index (χ2v) is 2.18. The summed E-state index contributed by atoms with van der Waals surface area (Å²) in [6.07, 6.45) is 6.54. The molecular formula is C9H11N. The highest BCUT2D eigenvalue weighted by Gasteiger charge is 1.88. The lowest BCUT2D eigenvalue weighted by atomic mass is 10.2. The molecule has 0 aliphatic carbocycles. The highest BCUT2D eigenvalue weighted by molar-refractivity contribution is 5.45. The van der Waals surface area contributed by atoms with Crippen LogP contribution in [0.4, 0.5) is 0 Å². The first-order chi connectivity index (χ1) is 4.86. The number of hydrogen-bond donors (Lipinski definition) is 0. The van der Waals surface area contributed by atoms with Crippen LogP contribution in [0, 0.1) is 0 Å². The van der Waals surface area contributed by atoms with Crippen molar-refractivity contribution < 1.29 is 0 Å². The van der Waals surface area contributed by atoms with Gasteiger partial charge in [0.05, 0.1) is 0 Å². The maximum absolute atomic E-state index is 4.06. The molecule has 0 aromatic carbocycles. The van der Waals surface area contributed by atoms with E-state index < -0.39 is 0 Å². The van der Waals surface area contributed by atoms with E-state index in [1.807, 2.05) is 18.5 Å². The van der Waals surface area contributed by atoms with E-state index in [-0.39, 0.29) is 0 Å². The highest BCUT2D eigenvalue weighted by Crippen LogP contribution is 2.03. The van der Waals surface area contributed by atoms with Gasteiger partial charge >= 0.3 is 0 Å². The Kier molecular flexibility index (Phi) is 2.21. The third-order valence-electron chi connectivity index (χ3n) is 1.46. The van der Waals surface area contributed by atoms with E-state index in [4.69, 9.17) is 0 Å². The van der Waals surface area contributed by atoms with Crippen molar-refractivity contribution >= 4 is 6.08 Å². The average Bonchev–Trinajstić information content (AvgIpc) is 2.05. The van der Waals surface area contributed by atoms with Gasteiger partial charge in [-0.15, -0.1) is 0 Å². The standard InChI is InChI=1S/C9H11N/c1-3-8-5-9(4-2)7-10-6-8/h3,5-7H,1,4H2,2H3. The molecule has 0 amide bonds. The quantitative estimate of drug-likeness (QED) is 0.603. The van der Waals surface area contributed by atoms with Crippen LogP contribution in [0.5, 0.6) is 0 Å². The maximum atomic E-state index is 4.06. The second kappa shape index (κ2) is 3.16. The van der Waals surface area contributed by atoms with E-state index in [9.17, 15) is 0 Å². The van der Waals surface area contributed by atoms with Crippen LogP contribution >= 0.6 is 0 Å². The van der Waals surface area contributed by atoms with Gasteiger partial charge in [0.2, 0.25) is 0 Å². The Morgan fingerprint density at radius 3 is 3.00 bits per heavy atom. The Labute approximate surface area is 61.4 Å². The van der Waals surface area contributed by atoms with Crippen LogP contribution in [0.25, 0.3) is 6.08 Å². The van der Waals surface area contributed by atoms with Gasteiger partial charge in [-0.05, 0) is 23.6 Å². The first-order valence-corrected chi connectivity index (χ1v) is 3.43. The second-order valence-electron chi connectivity index (χ2n) is 2.18. The Hall–Kier alpha value is -1.11. The Balaban J connectivity index is 2.98. The van der Waals surface area contributed by atoms with Gasteiger partial charge in [-0.3, -0.25) is 4.98 Å². The predicted octanol–water partition coefficient (Wildman–Crippen LogP) is 2.29. The maximum Gasteiger partial charge on any atom is 0.0340 e. The fraction of sp³-hybridized carbons (Fsp3) is 0.222. The van der Waals surface area contributed by atoms with Crippen LogP contribution in [-0.4, -0.2) is 4.98 Å². The molecular weight excluding hydrogens is 122 g/mol. The normalized spacial score (nSPS) is 9.30. The predicted molar refractivity (Wildman–Crippen MR) is 43.7 cm³/mol. The van der Waals surface area contributed by atoms with Gasteiger partial charge in [0.1, 0.15) is 0 Å². The lowest BCUT2D eigenvalue weighted by Crippen LogP contribution is -1.82. The van der Waals surface area contributed by atoms with E-state index in [0.717, 1.165) is 12.0 Å². The summed E-state index contributed by atoms with van der Waals surface area (Å²) in [6, 6.07) is 2.10. The van der Waals surface area contributed by atoms with Crippen molar-refractivity contribution in [2.75, 3.05) is 0 Å². The summed E-state index contributed by atoms with van der Waals surface area (Å²) >= 11 is 0. The largest absolute Gasteiger partial charge is 0.264 e. The number of aromatic nitrogens is 1. The fourth-order valence-electron chi connectivity index (χ4n) is 0.813. The van der Waals surface area contributed by atoms with Gasteiger partial charge in [0, 0.05) is 12.4 Å². The number of pyridine rings is 1. The summed E-state index contributed by atoms with van der Waals surface area (Å²) in [6.45, 7) is 5.78. The SMILES string of the molecule is C=Cc1cncc(CC)c1. The molecule has 0 fully saturated rings. The third-order valence-corrected chi connectivity index (χ3v) is 1.46. The molecule has 0 aliphatic rings. The summed E-state index contributed by atoms with van der Waals surface area (Å²) in [5.74, 6) is 0. The van der Waals surface area contributed by atoms with Gasteiger partial charge in [-0.2, -0.15) is 0 Å². The van der Waals surface area contributed by atoms with Crippen molar-refractivity contribution in [2.45, 2.75) is 13.3 Å². The van der Waals surface area contributed by atoms with Crippen LogP contribution in [0.2, 0.25) is 0 Å². The molecule has 1 nitrogen and oxygen atoms in total. The van der Waals surface area contributed by atoms with Crippen LogP contribution in [0.1, 0.15) is 18.1 Å². The van der Waals surface area contributed by atoms with Crippen molar-refractivity contribution in [3.63, 3.8) is 0 Å². The molecule has 1 aromatic heterocycles. The van der Waals surface area contributed by atoms with Crippen LogP contribution < -0.4 is 0 Å². The minimum Gasteiger partial charge on any atom is -0.264 e. The topological polar surface area (TPSA) is 12.9 Å². The minimum absolute atomic E-state index is 1.04. The summed E-state index contributed by atoms with van der Waals surface area (Å²) in [7, 11) is 0. The van der Waals surface area contributed by atoms with Gasteiger partial charge in [-0.25, -0.2) is 0 Å². The first kappa shape index (κ1) is 7.00. The van der Waals surface area contributed by atoms with Gasteiger partial charge < -0.3 is 0 Å². The zero-order valence-corrected chi connectivity index (χ0v) is 6.17. The highest BCUT2D eigenvalue weighted by atomic mass is 14.6. The molecule has 52 valence electrons. The molecule has 0 saturated carbocycles. The first-order valence-electron chi connectivity index (χ1n) is 3.43. The van der Waals surface area contributed by atoms with Gasteiger partial charge in [0.25, 0.3) is 0 Å². The molecule has 0 saturated heterocycles. The molecule has 0 unspecified atom stereocenters. The molecule has 1 rings (SSSR count). The summed E-state index contributed by atoms with van der Waals surface area (Å²) < 4.78 is 0. The third kappa shape index (κ3) is 1.44. The number of rotatable bonds is 2. The lowest BCUT2D eigenvalue weighted by molar-refractivity contribution is 1.10. The molecule has 0 spiro atoms. The van der Waals surface area contributed by atoms with Crippen LogP contribution in [-0.2, 0) is 6.42 Å². The van der Waals surface area contributed by atoms with E-state index in [2.05, 4.69) is 24.6 Å². The molecule has 0 aliphatic heterocycles. The van der Waals surface area contributed by atoms with Crippen LogP contribution in [0.3, 0.4) is 0 Å². The zero-order valence-electron chi connectivity index (χ0n) is 6.17. The summed E-state index contributed by atoms with van der Waals surface area (Å²) in [5.41, 5.74) is 2.36. The summed E-state index contributed by atoms with van der Waals surface area (Å²) in [4.78, 5) is 4.06.